The lowest BCUT2D eigenvalue weighted by Gasteiger charge is -2.09. The number of carbonyl (C=O) groups is 3. The number of ether oxygens (including phenoxy) is 3. The molecule has 10 nitrogen and oxygen atoms in total. The van der Waals surface area contributed by atoms with Gasteiger partial charge in [0.05, 0.1) is 13.7 Å². The van der Waals surface area contributed by atoms with E-state index in [0.717, 1.165) is 6.08 Å². The number of hydrogen-bond acceptors (Lipinski definition) is 8. The van der Waals surface area contributed by atoms with Crippen molar-refractivity contribution in [2.24, 2.45) is 14.1 Å². The summed E-state index contributed by atoms with van der Waals surface area (Å²) in [6.45, 7) is -0.383. The monoisotopic (exact) mass is 608 g/mol. The van der Waals surface area contributed by atoms with Crippen LogP contribution in [-0.2, 0) is 25.5 Å². The fourth-order valence-electron chi connectivity index (χ4n) is 4.14. The molecule has 45 heavy (non-hydrogen) atoms. The van der Waals surface area contributed by atoms with Gasteiger partial charge in [0.25, 0.3) is 0 Å². The Morgan fingerprint density at radius 2 is 1.31 bits per heavy atom. The third-order valence-corrected chi connectivity index (χ3v) is 6.38. The molecule has 0 aliphatic carbocycles. The second kappa shape index (κ2) is 15.0. The number of hydrogen-bond donors (Lipinski definition) is 2. The van der Waals surface area contributed by atoms with Crippen LogP contribution in [0.5, 0.6) is 17.2 Å². The highest BCUT2D eigenvalue weighted by Gasteiger charge is 2.16. The van der Waals surface area contributed by atoms with Gasteiger partial charge in [-0.3, -0.25) is 4.79 Å². The molecule has 0 radical (unpaired) electrons. The summed E-state index contributed by atoms with van der Waals surface area (Å²) < 4.78 is 19.8. The van der Waals surface area contributed by atoms with Gasteiger partial charge in [-0.1, -0.05) is 24.3 Å². The predicted molar refractivity (Wildman–Crippen MR) is 164 cm³/mol. The van der Waals surface area contributed by atoms with Gasteiger partial charge < -0.3 is 24.4 Å². The number of aliphatic hydroxyl groups is 2. The minimum atomic E-state index is -0.566. The molecule has 4 rings (SSSR count). The first-order chi connectivity index (χ1) is 21.6. The molecule has 2 heterocycles. The molecule has 4 aromatic rings. The molecule has 0 amide bonds. The molecular weight excluding hydrogens is 576 g/mol. The molecular formula is C35H32N2O8+2. The number of aromatic nitrogens is 2. The lowest BCUT2D eigenvalue weighted by molar-refractivity contribution is -0.671. The van der Waals surface area contributed by atoms with Crippen LogP contribution < -0.4 is 23.3 Å². The van der Waals surface area contributed by atoms with Gasteiger partial charge in [0.15, 0.2) is 42.1 Å². The Hall–Kier alpha value is -5.87. The Bertz CT molecular complexity index is 1820. The Morgan fingerprint density at radius 3 is 1.89 bits per heavy atom. The molecule has 228 valence electrons. The molecule has 2 aromatic heterocycles. The van der Waals surface area contributed by atoms with Gasteiger partial charge in [0, 0.05) is 23.8 Å². The number of nitrogens with zero attached hydrogens (tertiary/aromatic N) is 2. The molecule has 0 bridgehead atoms. The topological polar surface area (TPSA) is 127 Å². The Kier molecular flexibility index (Phi) is 10.7. The van der Waals surface area contributed by atoms with Gasteiger partial charge in [-0.25, -0.2) is 18.7 Å². The number of methoxy groups -OCH3 is 1. The van der Waals surface area contributed by atoms with Crippen LogP contribution in [0.25, 0.3) is 12.2 Å². The fraction of sp³-hybridized carbons (Fsp3) is 0.114. The van der Waals surface area contributed by atoms with Crippen molar-refractivity contribution in [3.8, 4) is 17.2 Å². The third-order valence-electron chi connectivity index (χ3n) is 6.38. The molecule has 0 spiro atoms. The van der Waals surface area contributed by atoms with Crippen molar-refractivity contribution < 1.29 is 47.9 Å². The highest BCUT2D eigenvalue weighted by Crippen LogP contribution is 2.29. The molecule has 0 aliphatic rings. The van der Waals surface area contributed by atoms with Crippen LogP contribution in [0.1, 0.15) is 37.4 Å². The summed E-state index contributed by atoms with van der Waals surface area (Å²) in [5.41, 5.74) is 2.30. The Labute approximate surface area is 260 Å². The van der Waals surface area contributed by atoms with Crippen LogP contribution in [-0.4, -0.2) is 35.0 Å². The van der Waals surface area contributed by atoms with Crippen LogP contribution in [0.4, 0.5) is 0 Å². The third kappa shape index (κ3) is 9.06. The average molecular weight is 609 g/mol. The minimum Gasteiger partial charge on any atom is -0.508 e. The lowest BCUT2D eigenvalue weighted by atomic mass is 10.1. The number of pyridine rings is 2. The summed E-state index contributed by atoms with van der Waals surface area (Å²) in [6.07, 6.45) is 13.6. The van der Waals surface area contributed by atoms with Crippen LogP contribution in [0.3, 0.4) is 0 Å². The van der Waals surface area contributed by atoms with E-state index < -0.39 is 17.7 Å². The summed E-state index contributed by atoms with van der Waals surface area (Å²) in [5, 5.41) is 20.1. The van der Waals surface area contributed by atoms with E-state index in [-0.39, 0.29) is 23.9 Å². The molecule has 0 saturated carbocycles. The van der Waals surface area contributed by atoms with Gasteiger partial charge in [-0.2, -0.15) is 0 Å². The van der Waals surface area contributed by atoms with Crippen LogP contribution >= 0.6 is 0 Å². The van der Waals surface area contributed by atoms with Crippen molar-refractivity contribution in [2.75, 3.05) is 7.11 Å². The smallest absolute Gasteiger partial charge is 0.349 e. The first kappa shape index (κ1) is 32.1. The number of ketones is 1. The van der Waals surface area contributed by atoms with Crippen LogP contribution in [0, 0.1) is 0 Å². The predicted octanol–water partition coefficient (Wildman–Crippen LogP) is 4.01. The zero-order chi connectivity index (χ0) is 32.3. The first-order valence-corrected chi connectivity index (χ1v) is 13.7. The van der Waals surface area contributed by atoms with Gasteiger partial charge in [0.2, 0.25) is 0 Å². The Balaban J connectivity index is 1.38. The lowest BCUT2D eigenvalue weighted by Crippen LogP contribution is -2.28. The van der Waals surface area contributed by atoms with E-state index in [9.17, 15) is 24.6 Å². The molecule has 10 heteroatoms. The zero-order valence-corrected chi connectivity index (χ0v) is 24.9. The number of carbonyl (C=O) groups excluding carboxylic acids is 3. The molecule has 0 unspecified atom stereocenters. The van der Waals surface area contributed by atoms with Gasteiger partial charge >= 0.3 is 11.9 Å². The average Bonchev–Trinajstić information content (AvgIpc) is 3.03. The maximum absolute atomic E-state index is 12.5. The minimum absolute atomic E-state index is 0.202. The molecule has 0 fully saturated rings. The van der Waals surface area contributed by atoms with E-state index >= 15 is 0 Å². The highest BCUT2D eigenvalue weighted by atomic mass is 16.6. The van der Waals surface area contributed by atoms with Crippen molar-refractivity contribution in [3.63, 3.8) is 0 Å². The fourth-order valence-corrected chi connectivity index (χ4v) is 4.14. The standard InChI is InChI=1S/C35H31N2O8/c1-36-16-4-6-26(21-36)34(41)44-31-14-10-24(18-28(31)23-38)8-12-29(39)20-30(40)13-9-25-11-15-32(33(19-25)43-3)45-35(42)27-7-5-17-37(2)22-27/h4-22,38H,23H2,1-3H3/q+1/p+1/b12-8+,13-9+. The van der Waals surface area contributed by atoms with E-state index in [4.69, 9.17) is 14.2 Å². The van der Waals surface area contributed by atoms with Crippen molar-refractivity contribution >= 4 is 29.9 Å². The second-order valence-electron chi connectivity index (χ2n) is 9.87. The molecule has 0 saturated heterocycles. The maximum Gasteiger partial charge on any atom is 0.349 e. The summed E-state index contributed by atoms with van der Waals surface area (Å²) >= 11 is 0. The molecule has 2 aromatic carbocycles. The molecule has 0 atom stereocenters. The van der Waals surface area contributed by atoms with Crippen molar-refractivity contribution in [1.29, 1.82) is 0 Å². The summed E-state index contributed by atoms with van der Waals surface area (Å²) in [6, 6.07) is 16.4. The van der Waals surface area contributed by atoms with Gasteiger partial charge in [-0.15, -0.1) is 0 Å². The van der Waals surface area contributed by atoms with Crippen LogP contribution in [0.15, 0.2) is 109 Å². The van der Waals surface area contributed by atoms with Crippen LogP contribution in [0.2, 0.25) is 0 Å². The highest BCUT2D eigenvalue weighted by molar-refractivity contribution is 6.02. The number of benzene rings is 2. The van der Waals surface area contributed by atoms with E-state index in [1.165, 1.54) is 31.4 Å². The van der Waals surface area contributed by atoms with E-state index in [0.29, 0.717) is 33.6 Å². The summed E-state index contributed by atoms with van der Waals surface area (Å²) in [5.74, 6) is -1.13. The van der Waals surface area contributed by atoms with E-state index in [2.05, 4.69) is 0 Å². The molecule has 2 N–H and O–H groups in total. The largest absolute Gasteiger partial charge is 0.508 e. The summed E-state index contributed by atoms with van der Waals surface area (Å²) in [4.78, 5) is 37.4. The summed E-state index contributed by atoms with van der Waals surface area (Å²) in [7, 11) is 5.03. The number of allylic oxidation sites excluding steroid dienone is 3. The van der Waals surface area contributed by atoms with Crippen molar-refractivity contribution in [2.45, 2.75) is 6.61 Å². The van der Waals surface area contributed by atoms with Gasteiger partial charge in [0.1, 0.15) is 36.7 Å². The quantitative estimate of drug-likeness (QED) is 0.0653. The normalized spacial score (nSPS) is 11.5. The van der Waals surface area contributed by atoms with Gasteiger partial charge in [-0.05, 0) is 59.7 Å². The number of rotatable bonds is 11. The maximum atomic E-state index is 12.5. The number of esters is 2. The first-order valence-electron chi connectivity index (χ1n) is 13.7. The van der Waals surface area contributed by atoms with Crippen molar-refractivity contribution in [3.05, 3.63) is 137 Å². The SMILES string of the molecule is COc1cc(/C=C/C(O)=C/C(=O)/C=C/c2ccc(OC(=O)c3ccc[n+](C)c3)c(CO)c2)ccc1OC(=O)c1ccc[n+](C)c1. The Morgan fingerprint density at radius 1 is 0.756 bits per heavy atom. The zero-order valence-electron chi connectivity index (χ0n) is 24.9. The van der Waals surface area contributed by atoms with Crippen molar-refractivity contribution in [1.82, 2.24) is 0 Å². The van der Waals surface area contributed by atoms with E-state index in [1.807, 2.05) is 0 Å². The molecule has 0 aliphatic heterocycles. The number of aliphatic hydroxyl groups excluding tert-OH is 2. The van der Waals surface area contributed by atoms with E-state index in [1.54, 1.807) is 109 Å². The second-order valence-corrected chi connectivity index (χ2v) is 9.87. The number of aryl methyl sites for hydroxylation is 2.